The van der Waals surface area contributed by atoms with Gasteiger partial charge in [0.25, 0.3) is 5.56 Å². The van der Waals surface area contributed by atoms with E-state index in [2.05, 4.69) is 15.6 Å². The maximum Gasteiger partial charge on any atom is 0.322 e. The van der Waals surface area contributed by atoms with Gasteiger partial charge in [-0.25, -0.2) is 4.98 Å². The highest BCUT2D eigenvalue weighted by Gasteiger charge is 2.16. The lowest BCUT2D eigenvalue weighted by Crippen LogP contribution is -2.38. The number of hydrogen-bond acceptors (Lipinski definition) is 5. The zero-order valence-corrected chi connectivity index (χ0v) is 11.6. The zero-order valence-electron chi connectivity index (χ0n) is 11.6. The standard InChI is InChI=1S/C12H18N4O4/c1-12(2,3)16-5-4-13-10(11(16)20)15-6-8(17)14-7-9(18)19/h4-5H,6-7H2,1-3H3,(H,13,15)(H,14,17)(H,18,19). The molecule has 1 amide bonds. The van der Waals surface area contributed by atoms with Crippen LogP contribution in [0.1, 0.15) is 20.8 Å². The topological polar surface area (TPSA) is 113 Å². The molecule has 0 unspecified atom stereocenters. The molecule has 0 spiro atoms. The van der Waals surface area contributed by atoms with E-state index in [4.69, 9.17) is 5.11 Å². The number of carboxylic acids is 1. The molecule has 8 nitrogen and oxygen atoms in total. The number of aliphatic carboxylic acids is 1. The molecule has 0 bridgehead atoms. The average Bonchev–Trinajstić information content (AvgIpc) is 2.33. The zero-order chi connectivity index (χ0) is 15.3. The molecule has 110 valence electrons. The van der Waals surface area contributed by atoms with Crippen molar-refractivity contribution >= 4 is 17.7 Å². The van der Waals surface area contributed by atoms with Gasteiger partial charge in [0.1, 0.15) is 6.54 Å². The van der Waals surface area contributed by atoms with Crippen LogP contribution in [0.15, 0.2) is 17.2 Å². The van der Waals surface area contributed by atoms with E-state index in [0.717, 1.165) is 0 Å². The Bertz CT molecular complexity index is 559. The van der Waals surface area contributed by atoms with Crippen molar-refractivity contribution in [3.05, 3.63) is 22.7 Å². The number of anilines is 1. The quantitative estimate of drug-likeness (QED) is 0.678. The lowest BCUT2D eigenvalue weighted by atomic mass is 10.1. The van der Waals surface area contributed by atoms with E-state index in [1.807, 2.05) is 20.8 Å². The van der Waals surface area contributed by atoms with Gasteiger partial charge in [-0.15, -0.1) is 0 Å². The minimum Gasteiger partial charge on any atom is -0.480 e. The fraction of sp³-hybridized carbons (Fsp3) is 0.500. The lowest BCUT2D eigenvalue weighted by molar-refractivity contribution is -0.137. The molecule has 1 aromatic rings. The lowest BCUT2D eigenvalue weighted by Gasteiger charge is -2.22. The van der Waals surface area contributed by atoms with Gasteiger partial charge in [-0.1, -0.05) is 0 Å². The normalized spacial score (nSPS) is 10.9. The molecular formula is C12H18N4O4. The summed E-state index contributed by atoms with van der Waals surface area (Å²) in [5.74, 6) is -1.61. The first-order valence-electron chi connectivity index (χ1n) is 6.02. The molecular weight excluding hydrogens is 264 g/mol. The molecule has 0 aliphatic rings. The van der Waals surface area contributed by atoms with Gasteiger partial charge in [-0.2, -0.15) is 0 Å². The number of amides is 1. The Morgan fingerprint density at radius 1 is 1.35 bits per heavy atom. The SMILES string of the molecule is CC(C)(C)n1ccnc(NCC(=O)NCC(=O)O)c1=O. The summed E-state index contributed by atoms with van der Waals surface area (Å²) < 4.78 is 1.50. The number of carbonyl (C=O) groups excluding carboxylic acids is 1. The van der Waals surface area contributed by atoms with E-state index < -0.39 is 24.0 Å². The minimum absolute atomic E-state index is 0.0490. The van der Waals surface area contributed by atoms with Crippen LogP contribution in [0.2, 0.25) is 0 Å². The van der Waals surface area contributed by atoms with E-state index in [-0.39, 0.29) is 17.9 Å². The third-order valence-electron chi connectivity index (χ3n) is 2.42. The number of aromatic nitrogens is 2. The van der Waals surface area contributed by atoms with Crippen LogP contribution in [0.25, 0.3) is 0 Å². The monoisotopic (exact) mass is 282 g/mol. The molecule has 8 heteroatoms. The van der Waals surface area contributed by atoms with Crippen molar-refractivity contribution in [3.8, 4) is 0 Å². The van der Waals surface area contributed by atoms with Gasteiger partial charge in [0.2, 0.25) is 5.91 Å². The molecule has 0 saturated carbocycles. The fourth-order valence-corrected chi connectivity index (χ4v) is 1.46. The Kier molecular flexibility index (Phi) is 4.84. The van der Waals surface area contributed by atoms with Gasteiger partial charge >= 0.3 is 5.97 Å². The second-order valence-electron chi connectivity index (χ2n) is 5.15. The van der Waals surface area contributed by atoms with Crippen LogP contribution in [-0.4, -0.2) is 39.6 Å². The smallest absolute Gasteiger partial charge is 0.322 e. The molecule has 0 saturated heterocycles. The Labute approximate surface area is 115 Å². The maximum atomic E-state index is 12.1. The number of nitrogens with one attached hydrogen (secondary N) is 2. The second-order valence-corrected chi connectivity index (χ2v) is 5.15. The second kappa shape index (κ2) is 6.18. The predicted molar refractivity (Wildman–Crippen MR) is 72.6 cm³/mol. The van der Waals surface area contributed by atoms with E-state index in [9.17, 15) is 14.4 Å². The molecule has 0 fully saturated rings. The van der Waals surface area contributed by atoms with Crippen molar-refractivity contribution in [2.75, 3.05) is 18.4 Å². The fourth-order valence-electron chi connectivity index (χ4n) is 1.46. The van der Waals surface area contributed by atoms with Gasteiger partial charge in [0.05, 0.1) is 6.54 Å². The number of carboxylic acid groups (broad SMARTS) is 1. The van der Waals surface area contributed by atoms with E-state index in [0.29, 0.717) is 0 Å². The van der Waals surface area contributed by atoms with Crippen LogP contribution >= 0.6 is 0 Å². The van der Waals surface area contributed by atoms with Crippen molar-refractivity contribution in [2.24, 2.45) is 0 Å². The summed E-state index contributed by atoms with van der Waals surface area (Å²) in [5.41, 5.74) is -0.742. The molecule has 20 heavy (non-hydrogen) atoms. The van der Waals surface area contributed by atoms with Crippen LogP contribution in [0.4, 0.5) is 5.82 Å². The highest BCUT2D eigenvalue weighted by atomic mass is 16.4. The van der Waals surface area contributed by atoms with Crippen LogP contribution in [-0.2, 0) is 15.1 Å². The van der Waals surface area contributed by atoms with Gasteiger partial charge in [0, 0.05) is 17.9 Å². The molecule has 0 atom stereocenters. The highest BCUT2D eigenvalue weighted by Crippen LogP contribution is 2.10. The van der Waals surface area contributed by atoms with E-state index in [1.165, 1.54) is 10.8 Å². The Hall–Kier alpha value is -2.38. The van der Waals surface area contributed by atoms with Crippen molar-refractivity contribution in [1.29, 1.82) is 0 Å². The molecule has 0 aromatic carbocycles. The number of nitrogens with zero attached hydrogens (tertiary/aromatic N) is 2. The first-order valence-corrected chi connectivity index (χ1v) is 6.02. The molecule has 0 aliphatic carbocycles. The van der Waals surface area contributed by atoms with Crippen molar-refractivity contribution < 1.29 is 14.7 Å². The largest absolute Gasteiger partial charge is 0.480 e. The van der Waals surface area contributed by atoms with Crippen molar-refractivity contribution in [2.45, 2.75) is 26.3 Å². The predicted octanol–water partition coefficient (Wildman–Crippen LogP) is -0.389. The first-order chi connectivity index (χ1) is 9.21. The number of carbonyl (C=O) groups is 2. The Balaban J connectivity index is 2.73. The molecule has 1 aromatic heterocycles. The van der Waals surface area contributed by atoms with Crippen molar-refractivity contribution in [1.82, 2.24) is 14.9 Å². The van der Waals surface area contributed by atoms with Crippen LogP contribution in [0.3, 0.4) is 0 Å². The summed E-state index contributed by atoms with van der Waals surface area (Å²) >= 11 is 0. The maximum absolute atomic E-state index is 12.1. The summed E-state index contributed by atoms with van der Waals surface area (Å²) in [7, 11) is 0. The molecule has 3 N–H and O–H groups in total. The minimum atomic E-state index is -1.13. The average molecular weight is 282 g/mol. The summed E-state index contributed by atoms with van der Waals surface area (Å²) in [4.78, 5) is 37.6. The van der Waals surface area contributed by atoms with Crippen LogP contribution < -0.4 is 16.2 Å². The number of hydrogen-bond donors (Lipinski definition) is 3. The molecule has 0 radical (unpaired) electrons. The third-order valence-corrected chi connectivity index (χ3v) is 2.42. The summed E-state index contributed by atoms with van der Waals surface area (Å²) in [5, 5.41) is 13.2. The Morgan fingerprint density at radius 2 is 2.00 bits per heavy atom. The summed E-state index contributed by atoms with van der Waals surface area (Å²) in [6, 6.07) is 0. The number of rotatable bonds is 5. The van der Waals surface area contributed by atoms with Crippen molar-refractivity contribution in [3.63, 3.8) is 0 Å². The van der Waals surface area contributed by atoms with Gasteiger partial charge in [-0.3, -0.25) is 14.4 Å². The van der Waals surface area contributed by atoms with Gasteiger partial charge < -0.3 is 20.3 Å². The Morgan fingerprint density at radius 3 is 2.55 bits per heavy atom. The summed E-state index contributed by atoms with van der Waals surface area (Å²) in [6.45, 7) is 4.94. The molecule has 1 heterocycles. The van der Waals surface area contributed by atoms with Crippen LogP contribution in [0, 0.1) is 0 Å². The van der Waals surface area contributed by atoms with Gasteiger partial charge in [-0.05, 0) is 20.8 Å². The third kappa shape index (κ3) is 4.38. The van der Waals surface area contributed by atoms with E-state index >= 15 is 0 Å². The van der Waals surface area contributed by atoms with E-state index in [1.54, 1.807) is 6.20 Å². The van der Waals surface area contributed by atoms with Crippen LogP contribution in [0.5, 0.6) is 0 Å². The molecule has 0 aliphatic heterocycles. The highest BCUT2D eigenvalue weighted by molar-refractivity contribution is 5.84. The van der Waals surface area contributed by atoms with Gasteiger partial charge in [0.15, 0.2) is 5.82 Å². The molecule has 1 rings (SSSR count). The summed E-state index contributed by atoms with van der Waals surface area (Å²) in [6.07, 6.45) is 3.03. The first kappa shape index (κ1) is 15.7.